The van der Waals surface area contributed by atoms with Gasteiger partial charge in [0.2, 0.25) is 5.91 Å². The van der Waals surface area contributed by atoms with Crippen molar-refractivity contribution in [3.8, 4) is 11.3 Å². The number of pyridine rings is 1. The number of thiazole rings is 1. The maximum Gasteiger partial charge on any atom is 0.237 e. The molecule has 2 aromatic rings. The van der Waals surface area contributed by atoms with E-state index in [1.807, 2.05) is 24.5 Å². The molecular weight excluding hydrogens is 356 g/mol. The van der Waals surface area contributed by atoms with Crippen LogP contribution in [0.15, 0.2) is 29.9 Å². The molecule has 3 heterocycles. The predicted molar refractivity (Wildman–Crippen MR) is 109 cm³/mol. The maximum absolute atomic E-state index is 12.5. The molecule has 2 aliphatic rings. The number of amides is 1. The van der Waals surface area contributed by atoms with E-state index in [0.29, 0.717) is 12.0 Å². The highest BCUT2D eigenvalue weighted by molar-refractivity contribution is 7.10. The van der Waals surface area contributed by atoms with Gasteiger partial charge in [0.25, 0.3) is 0 Å². The summed E-state index contributed by atoms with van der Waals surface area (Å²) in [4.78, 5) is 23.8. The zero-order chi connectivity index (χ0) is 18.6. The largest absolute Gasteiger partial charge is 0.352 e. The number of nitrogens with zero attached hydrogens (tertiary/aromatic N) is 3. The fourth-order valence-corrected chi connectivity index (χ4v) is 5.22. The summed E-state index contributed by atoms with van der Waals surface area (Å²) in [5, 5.41) is 6.62. The van der Waals surface area contributed by atoms with E-state index in [1.165, 1.54) is 17.8 Å². The van der Waals surface area contributed by atoms with E-state index in [-0.39, 0.29) is 11.9 Å². The second-order valence-electron chi connectivity index (χ2n) is 7.78. The van der Waals surface area contributed by atoms with Gasteiger partial charge in [0, 0.05) is 35.3 Å². The summed E-state index contributed by atoms with van der Waals surface area (Å²) in [6.07, 6.45) is 10.6. The monoisotopic (exact) mass is 384 g/mol. The van der Waals surface area contributed by atoms with Crippen molar-refractivity contribution in [1.82, 2.24) is 20.2 Å². The Balaban J connectivity index is 1.31. The molecule has 27 heavy (non-hydrogen) atoms. The summed E-state index contributed by atoms with van der Waals surface area (Å²) in [5.74, 6) is 0.710. The standard InChI is InChI=1S/C21H28N4OS/c1-15(20(26)23-18-4-2-3-5-18)25-12-8-17(9-13-25)21-24-19(14-27-21)16-6-10-22-11-7-16/h6-7,10-11,14-15,17-18H,2-5,8-9,12-13H2,1H3,(H,23,26)/t15-/m0/s1. The van der Waals surface area contributed by atoms with Crippen molar-refractivity contribution in [3.63, 3.8) is 0 Å². The van der Waals surface area contributed by atoms with Gasteiger partial charge in [-0.2, -0.15) is 0 Å². The highest BCUT2D eigenvalue weighted by Gasteiger charge is 2.29. The molecule has 2 aromatic heterocycles. The molecule has 4 rings (SSSR count). The molecule has 144 valence electrons. The number of nitrogens with one attached hydrogen (secondary N) is 1. The molecule has 1 N–H and O–H groups in total. The minimum atomic E-state index is -0.0322. The van der Waals surface area contributed by atoms with Crippen molar-refractivity contribution in [2.75, 3.05) is 13.1 Å². The summed E-state index contributed by atoms with van der Waals surface area (Å²) < 4.78 is 0. The predicted octanol–water partition coefficient (Wildman–Crippen LogP) is 3.83. The van der Waals surface area contributed by atoms with Crippen molar-refractivity contribution in [2.24, 2.45) is 0 Å². The average Bonchev–Trinajstić information content (AvgIpc) is 3.40. The number of piperidine rings is 1. The number of hydrogen-bond acceptors (Lipinski definition) is 5. The molecule has 1 saturated heterocycles. The lowest BCUT2D eigenvalue weighted by Crippen LogP contribution is -2.49. The number of rotatable bonds is 5. The minimum Gasteiger partial charge on any atom is -0.352 e. The van der Waals surface area contributed by atoms with E-state index >= 15 is 0 Å². The third-order valence-corrected chi connectivity index (χ3v) is 7.01. The number of likely N-dealkylation sites (tertiary alicyclic amines) is 1. The van der Waals surface area contributed by atoms with Crippen LogP contribution < -0.4 is 5.32 Å². The van der Waals surface area contributed by atoms with E-state index in [9.17, 15) is 4.79 Å². The maximum atomic E-state index is 12.5. The number of aromatic nitrogens is 2. The molecule has 1 saturated carbocycles. The molecule has 0 radical (unpaired) electrons. The molecular formula is C21H28N4OS. The summed E-state index contributed by atoms with van der Waals surface area (Å²) in [6.45, 7) is 3.98. The Labute approximate surface area is 165 Å². The highest BCUT2D eigenvalue weighted by atomic mass is 32.1. The molecule has 5 nitrogen and oxygen atoms in total. The fraction of sp³-hybridized carbons (Fsp3) is 0.571. The first-order chi connectivity index (χ1) is 13.2. The molecule has 0 bridgehead atoms. The molecule has 1 aliphatic heterocycles. The van der Waals surface area contributed by atoms with Gasteiger partial charge in [-0.3, -0.25) is 14.7 Å². The van der Waals surface area contributed by atoms with Gasteiger partial charge in [0.05, 0.1) is 16.7 Å². The first-order valence-electron chi connectivity index (χ1n) is 10.1. The van der Waals surface area contributed by atoms with Crippen molar-refractivity contribution >= 4 is 17.2 Å². The second kappa shape index (κ2) is 8.48. The van der Waals surface area contributed by atoms with Gasteiger partial charge in [0.15, 0.2) is 0 Å². The number of carbonyl (C=O) groups excluding carboxylic acids is 1. The quantitative estimate of drug-likeness (QED) is 0.851. The van der Waals surface area contributed by atoms with Crippen LogP contribution in [-0.4, -0.2) is 45.9 Å². The molecule has 0 unspecified atom stereocenters. The molecule has 0 spiro atoms. The number of hydrogen-bond donors (Lipinski definition) is 1. The van der Waals surface area contributed by atoms with E-state index < -0.39 is 0 Å². The molecule has 1 atom stereocenters. The fourth-order valence-electron chi connectivity index (χ4n) is 4.22. The normalized spacial score (nSPS) is 20.6. The highest BCUT2D eigenvalue weighted by Crippen LogP contribution is 2.33. The molecule has 6 heteroatoms. The van der Waals surface area contributed by atoms with Gasteiger partial charge < -0.3 is 5.32 Å². The van der Waals surface area contributed by atoms with Crippen LogP contribution in [0.1, 0.15) is 56.4 Å². The van der Waals surface area contributed by atoms with Gasteiger partial charge in [-0.25, -0.2) is 4.98 Å². The lowest BCUT2D eigenvalue weighted by Gasteiger charge is -2.35. The van der Waals surface area contributed by atoms with Gasteiger partial charge in [-0.1, -0.05) is 12.8 Å². The molecule has 1 aliphatic carbocycles. The van der Waals surface area contributed by atoms with Crippen LogP contribution in [0.3, 0.4) is 0 Å². The Kier molecular flexibility index (Phi) is 5.83. The van der Waals surface area contributed by atoms with E-state index in [1.54, 1.807) is 11.3 Å². The summed E-state index contributed by atoms with van der Waals surface area (Å²) in [6, 6.07) is 4.38. The molecule has 1 amide bonds. The summed E-state index contributed by atoms with van der Waals surface area (Å²) in [5.41, 5.74) is 2.17. The number of carbonyl (C=O) groups is 1. The Morgan fingerprint density at radius 3 is 2.59 bits per heavy atom. The van der Waals surface area contributed by atoms with Crippen molar-refractivity contribution in [1.29, 1.82) is 0 Å². The van der Waals surface area contributed by atoms with Crippen molar-refractivity contribution < 1.29 is 4.79 Å². The topological polar surface area (TPSA) is 58.1 Å². The van der Waals surface area contributed by atoms with Crippen LogP contribution in [0, 0.1) is 0 Å². The van der Waals surface area contributed by atoms with Gasteiger partial charge in [-0.15, -0.1) is 11.3 Å². The summed E-state index contributed by atoms with van der Waals surface area (Å²) >= 11 is 1.76. The van der Waals surface area contributed by atoms with Crippen LogP contribution in [0.4, 0.5) is 0 Å². The SMILES string of the molecule is C[C@@H](C(=O)NC1CCCC1)N1CCC(c2nc(-c3ccncc3)cs2)CC1. The van der Waals surface area contributed by atoms with E-state index in [0.717, 1.165) is 50.0 Å². The van der Waals surface area contributed by atoms with Gasteiger partial charge >= 0.3 is 0 Å². The average molecular weight is 385 g/mol. The van der Waals surface area contributed by atoms with Crippen molar-refractivity contribution in [2.45, 2.75) is 63.5 Å². The molecule has 0 aromatic carbocycles. The molecule has 2 fully saturated rings. The first kappa shape index (κ1) is 18.6. The van der Waals surface area contributed by atoms with Crippen LogP contribution in [-0.2, 0) is 4.79 Å². The van der Waals surface area contributed by atoms with Crippen LogP contribution in [0.25, 0.3) is 11.3 Å². The zero-order valence-corrected chi connectivity index (χ0v) is 16.8. The van der Waals surface area contributed by atoms with Crippen LogP contribution >= 0.6 is 11.3 Å². The van der Waals surface area contributed by atoms with E-state index in [2.05, 4.69) is 27.5 Å². The van der Waals surface area contributed by atoms with Gasteiger partial charge in [0.1, 0.15) is 0 Å². The summed E-state index contributed by atoms with van der Waals surface area (Å²) in [7, 11) is 0. The van der Waals surface area contributed by atoms with Gasteiger partial charge in [-0.05, 0) is 57.8 Å². The third kappa shape index (κ3) is 4.38. The Bertz CT molecular complexity index is 749. The Morgan fingerprint density at radius 2 is 1.89 bits per heavy atom. The minimum absolute atomic E-state index is 0.0322. The lowest BCUT2D eigenvalue weighted by atomic mass is 9.96. The smallest absolute Gasteiger partial charge is 0.237 e. The van der Waals surface area contributed by atoms with Crippen molar-refractivity contribution in [3.05, 3.63) is 34.9 Å². The first-order valence-corrected chi connectivity index (χ1v) is 11.0. The third-order valence-electron chi connectivity index (χ3n) is 6.01. The van der Waals surface area contributed by atoms with Crippen LogP contribution in [0.2, 0.25) is 0 Å². The Morgan fingerprint density at radius 1 is 1.19 bits per heavy atom. The van der Waals surface area contributed by atoms with Crippen LogP contribution in [0.5, 0.6) is 0 Å². The lowest BCUT2D eigenvalue weighted by molar-refractivity contribution is -0.127. The Hall–Kier alpha value is -1.79. The van der Waals surface area contributed by atoms with E-state index in [4.69, 9.17) is 4.98 Å². The second-order valence-corrected chi connectivity index (χ2v) is 8.67. The zero-order valence-electron chi connectivity index (χ0n) is 15.9.